The molecule has 0 radical (unpaired) electrons. The number of ether oxygens (including phenoxy) is 2. The van der Waals surface area contributed by atoms with E-state index >= 15 is 0 Å². The molecule has 0 aliphatic carbocycles. The van der Waals surface area contributed by atoms with Gasteiger partial charge in [0.05, 0.1) is 4.90 Å². The summed E-state index contributed by atoms with van der Waals surface area (Å²) in [7, 11) is -4.01. The highest BCUT2D eigenvalue weighted by atomic mass is 79.9. The number of nitrogens with zero attached hydrogens (tertiary/aromatic N) is 1. The highest BCUT2D eigenvalue weighted by Gasteiger charge is 2.37. The van der Waals surface area contributed by atoms with Crippen molar-refractivity contribution in [3.63, 3.8) is 0 Å². The van der Waals surface area contributed by atoms with Crippen LogP contribution in [0.15, 0.2) is 94.3 Å². The van der Waals surface area contributed by atoms with E-state index in [2.05, 4.69) is 21.2 Å². The fourth-order valence-corrected chi connectivity index (χ4v) is 6.16. The fraction of sp³-hybridized carbons (Fsp3) is 0.355. The fourth-order valence-electron chi connectivity index (χ4n) is 4.13. The number of benzene rings is 3. The summed E-state index contributed by atoms with van der Waals surface area (Å²) in [4.78, 5) is 25.6. The van der Waals surface area contributed by atoms with Crippen molar-refractivity contribution in [2.24, 2.45) is 5.92 Å². The van der Waals surface area contributed by atoms with Crippen molar-refractivity contribution in [2.45, 2.75) is 57.3 Å². The van der Waals surface area contributed by atoms with Gasteiger partial charge < -0.3 is 14.8 Å². The maximum absolute atomic E-state index is 13.8. The van der Waals surface area contributed by atoms with E-state index in [1.807, 2.05) is 74.5 Å². The first kappa shape index (κ1) is 32.3. The first-order valence-electron chi connectivity index (χ1n) is 13.6. The van der Waals surface area contributed by atoms with Gasteiger partial charge in [0, 0.05) is 17.6 Å². The molecule has 0 bridgehead atoms. The number of carbonyl (C=O) groups excluding carboxylic acids is 2. The van der Waals surface area contributed by atoms with Crippen LogP contribution in [0.25, 0.3) is 0 Å². The minimum Gasteiger partial charge on any atom is -0.460 e. The molecule has 0 aliphatic heterocycles. The van der Waals surface area contributed by atoms with Crippen molar-refractivity contribution in [1.82, 2.24) is 9.62 Å². The molecule has 0 saturated carbocycles. The Morgan fingerprint density at radius 1 is 0.829 bits per heavy atom. The topological polar surface area (TPSA) is 102 Å². The van der Waals surface area contributed by atoms with Crippen LogP contribution in [-0.4, -0.2) is 43.9 Å². The monoisotopic (exact) mass is 644 g/mol. The van der Waals surface area contributed by atoms with Crippen LogP contribution in [0.1, 0.15) is 44.2 Å². The molecule has 0 heterocycles. The molecular weight excluding hydrogens is 608 g/mol. The lowest BCUT2D eigenvalue weighted by Gasteiger charge is -2.31. The first-order valence-corrected chi connectivity index (χ1v) is 15.8. The largest absolute Gasteiger partial charge is 0.460 e. The van der Waals surface area contributed by atoms with Crippen molar-refractivity contribution in [3.8, 4) is 0 Å². The Morgan fingerprint density at radius 3 is 1.95 bits per heavy atom. The number of sulfonamides is 1. The molecule has 3 rings (SSSR count). The van der Waals surface area contributed by atoms with Crippen LogP contribution in [0.4, 0.5) is 4.79 Å². The normalized spacial score (nSPS) is 12.2. The molecule has 220 valence electrons. The molecule has 0 unspecified atom stereocenters. The van der Waals surface area contributed by atoms with Crippen molar-refractivity contribution in [2.75, 3.05) is 13.1 Å². The summed E-state index contributed by atoms with van der Waals surface area (Å²) in [5, 5.41) is 2.71. The van der Waals surface area contributed by atoms with Crippen molar-refractivity contribution < 1.29 is 27.5 Å². The quantitative estimate of drug-likeness (QED) is 0.154. The molecule has 3 aromatic carbocycles. The predicted molar refractivity (Wildman–Crippen MR) is 161 cm³/mol. The SMILES string of the molecule is CC(C)CN([C@@H](CCCCNC(=O)OCc1ccccc1)C(=O)OCc1ccccc1)S(=O)(=O)c1ccc(Br)cc1. The Hall–Kier alpha value is -3.21. The molecular formula is C31H37BrN2O6S. The van der Waals surface area contributed by atoms with Crippen LogP contribution in [0.5, 0.6) is 0 Å². The first-order chi connectivity index (χ1) is 19.7. The second kappa shape index (κ2) is 16.3. The Kier molecular flexibility index (Phi) is 12.8. The standard InChI is InChI=1S/C31H37BrN2O6S/c1-24(2)21-34(41(37,38)28-18-16-27(32)17-19-28)29(30(35)39-22-25-11-5-3-6-12-25)15-9-10-20-33-31(36)40-23-26-13-7-4-8-14-26/h3-8,11-14,16-19,24,29H,9-10,15,20-23H2,1-2H3,(H,33,36)/t29-/m0/s1. The van der Waals surface area contributed by atoms with Crippen LogP contribution < -0.4 is 5.32 Å². The maximum Gasteiger partial charge on any atom is 0.407 e. The van der Waals surface area contributed by atoms with Gasteiger partial charge in [-0.15, -0.1) is 0 Å². The number of halogens is 1. The number of rotatable bonds is 15. The van der Waals surface area contributed by atoms with E-state index < -0.39 is 28.1 Å². The highest BCUT2D eigenvalue weighted by Crippen LogP contribution is 2.25. The van der Waals surface area contributed by atoms with Crippen LogP contribution in [0.3, 0.4) is 0 Å². The molecule has 41 heavy (non-hydrogen) atoms. The molecule has 1 N–H and O–H groups in total. The third-order valence-electron chi connectivity index (χ3n) is 6.20. The molecule has 0 aliphatic rings. The molecule has 0 aromatic heterocycles. The summed E-state index contributed by atoms with van der Waals surface area (Å²) in [6.45, 7) is 4.48. The molecule has 0 saturated heterocycles. The molecule has 10 heteroatoms. The van der Waals surface area contributed by atoms with E-state index in [0.29, 0.717) is 19.4 Å². The van der Waals surface area contributed by atoms with Crippen molar-refractivity contribution in [1.29, 1.82) is 0 Å². The van der Waals surface area contributed by atoms with Gasteiger partial charge in [-0.1, -0.05) is 90.4 Å². The maximum atomic E-state index is 13.8. The van der Waals surface area contributed by atoms with E-state index in [1.54, 1.807) is 12.1 Å². The summed E-state index contributed by atoms with van der Waals surface area (Å²) < 4.78 is 40.5. The summed E-state index contributed by atoms with van der Waals surface area (Å²) in [6.07, 6.45) is 0.703. The Morgan fingerprint density at radius 2 is 1.39 bits per heavy atom. The molecule has 0 fully saturated rings. The average molecular weight is 646 g/mol. The predicted octanol–water partition coefficient (Wildman–Crippen LogP) is 6.30. The lowest BCUT2D eigenvalue weighted by Crippen LogP contribution is -2.47. The molecule has 3 aromatic rings. The van der Waals surface area contributed by atoms with E-state index in [9.17, 15) is 18.0 Å². The minimum atomic E-state index is -4.01. The molecule has 1 amide bonds. The van der Waals surface area contributed by atoms with Crippen LogP contribution in [0.2, 0.25) is 0 Å². The third kappa shape index (κ3) is 10.6. The summed E-state index contributed by atoms with van der Waals surface area (Å²) in [6, 6.07) is 24.0. The molecule has 8 nitrogen and oxygen atoms in total. The molecule has 1 atom stereocenters. The zero-order chi connectivity index (χ0) is 29.7. The van der Waals surface area contributed by atoms with Gasteiger partial charge in [0.25, 0.3) is 0 Å². The van der Waals surface area contributed by atoms with Crippen LogP contribution in [-0.2, 0) is 37.5 Å². The zero-order valence-electron chi connectivity index (χ0n) is 23.4. The second-order valence-electron chi connectivity index (χ2n) is 10.0. The number of esters is 1. The van der Waals surface area contributed by atoms with Crippen LogP contribution >= 0.6 is 15.9 Å². The number of unbranched alkanes of at least 4 members (excludes halogenated alkanes) is 1. The molecule has 0 spiro atoms. The van der Waals surface area contributed by atoms with Crippen molar-refractivity contribution in [3.05, 3.63) is 101 Å². The summed E-state index contributed by atoms with van der Waals surface area (Å²) in [5.74, 6) is -0.642. The van der Waals surface area contributed by atoms with Gasteiger partial charge >= 0.3 is 12.1 Å². The van der Waals surface area contributed by atoms with Gasteiger partial charge in [0.15, 0.2) is 0 Å². The van der Waals surface area contributed by atoms with E-state index in [0.717, 1.165) is 15.6 Å². The zero-order valence-corrected chi connectivity index (χ0v) is 25.8. The van der Waals surface area contributed by atoms with Gasteiger partial charge in [0.2, 0.25) is 10.0 Å². The third-order valence-corrected chi connectivity index (χ3v) is 8.61. The van der Waals surface area contributed by atoms with Crippen LogP contribution in [0, 0.1) is 5.92 Å². The summed E-state index contributed by atoms with van der Waals surface area (Å²) >= 11 is 3.34. The van der Waals surface area contributed by atoms with Gasteiger partial charge in [-0.25, -0.2) is 13.2 Å². The van der Waals surface area contributed by atoms with Crippen molar-refractivity contribution >= 4 is 38.0 Å². The highest BCUT2D eigenvalue weighted by molar-refractivity contribution is 9.10. The van der Waals surface area contributed by atoms with Gasteiger partial charge in [-0.05, 0) is 60.6 Å². The lowest BCUT2D eigenvalue weighted by atomic mass is 10.1. The number of amides is 1. The number of alkyl carbamates (subject to hydrolysis) is 1. The average Bonchev–Trinajstić information content (AvgIpc) is 2.97. The minimum absolute atomic E-state index is 0.0364. The van der Waals surface area contributed by atoms with Gasteiger partial charge in [-0.3, -0.25) is 4.79 Å². The Bertz CT molecular complexity index is 1340. The number of hydrogen-bond acceptors (Lipinski definition) is 6. The lowest BCUT2D eigenvalue weighted by molar-refractivity contribution is -0.150. The summed E-state index contributed by atoms with van der Waals surface area (Å²) in [5.41, 5.74) is 1.70. The van der Waals surface area contributed by atoms with E-state index in [-0.39, 0.29) is 37.0 Å². The number of nitrogens with one attached hydrogen (secondary N) is 1. The van der Waals surface area contributed by atoms with Gasteiger partial charge in [0.1, 0.15) is 19.3 Å². The number of carbonyl (C=O) groups is 2. The van der Waals surface area contributed by atoms with E-state index in [4.69, 9.17) is 9.47 Å². The smallest absolute Gasteiger partial charge is 0.407 e. The van der Waals surface area contributed by atoms with E-state index in [1.165, 1.54) is 16.4 Å². The Balaban J connectivity index is 1.68. The van der Waals surface area contributed by atoms with Gasteiger partial charge in [-0.2, -0.15) is 4.31 Å². The second-order valence-corrected chi connectivity index (χ2v) is 12.8. The number of hydrogen-bond donors (Lipinski definition) is 1. The Labute approximate surface area is 251 Å².